The Morgan fingerprint density at radius 3 is 2.29 bits per heavy atom. The van der Waals surface area contributed by atoms with E-state index in [0.717, 1.165) is 5.57 Å². The van der Waals surface area contributed by atoms with Crippen molar-refractivity contribution < 1.29 is 19.4 Å². The van der Waals surface area contributed by atoms with Gasteiger partial charge in [-0.25, -0.2) is 9.59 Å². The predicted molar refractivity (Wildman–Crippen MR) is 62.7 cm³/mol. The van der Waals surface area contributed by atoms with E-state index in [4.69, 9.17) is 9.84 Å². The molecule has 5 nitrogen and oxygen atoms in total. The van der Waals surface area contributed by atoms with Crippen molar-refractivity contribution in [3.8, 4) is 0 Å². The van der Waals surface area contributed by atoms with E-state index in [1.165, 1.54) is 0 Å². The first kappa shape index (κ1) is 13.5. The van der Waals surface area contributed by atoms with E-state index in [9.17, 15) is 9.59 Å². The summed E-state index contributed by atoms with van der Waals surface area (Å²) in [5, 5.41) is 11.6. The number of carboxylic acid groups (broad SMARTS) is 1. The molecule has 1 rings (SSSR count). The van der Waals surface area contributed by atoms with Gasteiger partial charge in [0.1, 0.15) is 11.1 Å². The third-order valence-corrected chi connectivity index (χ3v) is 2.66. The van der Waals surface area contributed by atoms with Crippen LogP contribution in [0.3, 0.4) is 0 Å². The summed E-state index contributed by atoms with van der Waals surface area (Å²) in [4.78, 5) is 22.7. The van der Waals surface area contributed by atoms with Gasteiger partial charge in [0.2, 0.25) is 0 Å². The number of aliphatic carboxylic acids is 1. The summed E-state index contributed by atoms with van der Waals surface area (Å²) < 4.78 is 5.05. The molecule has 1 aliphatic carbocycles. The second-order valence-electron chi connectivity index (χ2n) is 5.51. The molecule has 0 radical (unpaired) electrons. The van der Waals surface area contributed by atoms with Gasteiger partial charge < -0.3 is 15.2 Å². The van der Waals surface area contributed by atoms with Crippen molar-refractivity contribution in [2.45, 2.75) is 45.3 Å². The molecule has 0 spiro atoms. The Balaban J connectivity index is 2.69. The van der Waals surface area contributed by atoms with E-state index in [-0.39, 0.29) is 5.92 Å². The van der Waals surface area contributed by atoms with Crippen LogP contribution < -0.4 is 5.32 Å². The minimum absolute atomic E-state index is 0.215. The minimum atomic E-state index is -1.23. The fraction of sp³-hybridized carbons (Fsp3) is 0.667. The lowest BCUT2D eigenvalue weighted by Gasteiger charge is -2.22. The summed E-state index contributed by atoms with van der Waals surface area (Å²) in [6.07, 6.45) is -0.333. The number of alkyl carbamates (subject to hydrolysis) is 1. The molecule has 5 heteroatoms. The van der Waals surface area contributed by atoms with Gasteiger partial charge in [-0.15, -0.1) is 0 Å². The number of carbonyl (C=O) groups is 2. The SMILES string of the molecule is C=C(C)C1C[C@]1(NC(=O)OC(C)(C)C)C(=O)O. The van der Waals surface area contributed by atoms with E-state index >= 15 is 0 Å². The number of nitrogens with one attached hydrogen (secondary N) is 1. The average molecular weight is 241 g/mol. The fourth-order valence-corrected chi connectivity index (χ4v) is 1.77. The lowest BCUT2D eigenvalue weighted by molar-refractivity contribution is -0.141. The monoisotopic (exact) mass is 241 g/mol. The molecule has 0 aliphatic heterocycles. The summed E-state index contributed by atoms with van der Waals surface area (Å²) in [5.41, 5.74) is -1.12. The Labute approximate surface area is 101 Å². The Bertz CT molecular complexity index is 369. The van der Waals surface area contributed by atoms with E-state index < -0.39 is 23.2 Å². The molecule has 1 fully saturated rings. The third kappa shape index (κ3) is 2.99. The van der Waals surface area contributed by atoms with E-state index in [1.54, 1.807) is 27.7 Å². The van der Waals surface area contributed by atoms with Gasteiger partial charge in [0.05, 0.1) is 0 Å². The molecule has 2 atom stereocenters. The number of amides is 1. The maximum absolute atomic E-state index is 11.6. The molecule has 0 aromatic heterocycles. The molecular weight excluding hydrogens is 222 g/mol. The quantitative estimate of drug-likeness (QED) is 0.740. The Morgan fingerprint density at radius 1 is 1.47 bits per heavy atom. The predicted octanol–water partition coefficient (Wildman–Crippen LogP) is 1.93. The second kappa shape index (κ2) is 4.05. The number of carbonyl (C=O) groups excluding carboxylic acids is 1. The van der Waals surface area contributed by atoms with Gasteiger partial charge in [0.15, 0.2) is 0 Å². The molecule has 0 bridgehead atoms. The highest BCUT2D eigenvalue weighted by Crippen LogP contribution is 2.48. The fourth-order valence-electron chi connectivity index (χ4n) is 1.77. The normalized spacial score (nSPS) is 27.2. The highest BCUT2D eigenvalue weighted by atomic mass is 16.6. The van der Waals surface area contributed by atoms with E-state index in [0.29, 0.717) is 6.42 Å². The van der Waals surface area contributed by atoms with Crippen molar-refractivity contribution in [2.75, 3.05) is 0 Å². The zero-order chi connectivity index (χ0) is 13.4. The highest BCUT2D eigenvalue weighted by Gasteiger charge is 2.62. The van der Waals surface area contributed by atoms with E-state index in [2.05, 4.69) is 11.9 Å². The summed E-state index contributed by atoms with van der Waals surface area (Å²) in [7, 11) is 0. The van der Waals surface area contributed by atoms with Crippen molar-refractivity contribution in [1.82, 2.24) is 5.32 Å². The molecule has 0 aromatic rings. The van der Waals surface area contributed by atoms with Gasteiger partial charge >= 0.3 is 12.1 Å². The van der Waals surface area contributed by atoms with Crippen molar-refractivity contribution >= 4 is 12.1 Å². The van der Waals surface area contributed by atoms with Crippen molar-refractivity contribution in [3.05, 3.63) is 12.2 Å². The second-order valence-corrected chi connectivity index (χ2v) is 5.51. The molecule has 0 saturated heterocycles. The van der Waals surface area contributed by atoms with Crippen molar-refractivity contribution in [1.29, 1.82) is 0 Å². The van der Waals surface area contributed by atoms with Crippen LogP contribution in [0.4, 0.5) is 4.79 Å². The molecule has 2 N–H and O–H groups in total. The van der Waals surface area contributed by atoms with Crippen LogP contribution in [-0.2, 0) is 9.53 Å². The van der Waals surface area contributed by atoms with Crippen LogP contribution in [0.2, 0.25) is 0 Å². The van der Waals surface area contributed by atoms with Gasteiger partial charge in [-0.2, -0.15) is 0 Å². The van der Waals surface area contributed by atoms with Crippen LogP contribution in [0, 0.1) is 5.92 Å². The van der Waals surface area contributed by atoms with Crippen LogP contribution in [0.15, 0.2) is 12.2 Å². The smallest absolute Gasteiger partial charge is 0.408 e. The first-order chi connectivity index (χ1) is 7.58. The highest BCUT2D eigenvalue weighted by molar-refractivity contribution is 5.89. The summed E-state index contributed by atoms with van der Waals surface area (Å²) in [6.45, 7) is 10.7. The zero-order valence-corrected chi connectivity index (χ0v) is 10.7. The van der Waals surface area contributed by atoms with Gasteiger partial charge in [-0.3, -0.25) is 0 Å². The molecule has 96 valence electrons. The molecule has 1 amide bonds. The van der Waals surface area contributed by atoms with Gasteiger partial charge in [-0.05, 0) is 34.1 Å². The third-order valence-electron chi connectivity index (χ3n) is 2.66. The standard InChI is InChI=1S/C12H19NO4/c1-7(2)8-6-12(8,9(14)15)13-10(16)17-11(3,4)5/h8H,1,6H2,2-5H3,(H,13,16)(H,14,15)/t8?,12-/m1/s1. The Kier molecular flexibility index (Phi) is 3.23. The Morgan fingerprint density at radius 2 is 2.00 bits per heavy atom. The number of carboxylic acids is 1. The van der Waals surface area contributed by atoms with Gasteiger partial charge in [0, 0.05) is 5.92 Å². The number of hydrogen-bond donors (Lipinski definition) is 2. The van der Waals surface area contributed by atoms with Crippen LogP contribution in [0.1, 0.15) is 34.1 Å². The molecule has 0 aromatic carbocycles. The largest absolute Gasteiger partial charge is 0.479 e. The first-order valence-corrected chi connectivity index (χ1v) is 5.48. The topological polar surface area (TPSA) is 75.6 Å². The molecule has 0 heterocycles. The maximum Gasteiger partial charge on any atom is 0.408 e. The van der Waals surface area contributed by atoms with Crippen LogP contribution in [0.5, 0.6) is 0 Å². The van der Waals surface area contributed by atoms with Crippen LogP contribution in [-0.4, -0.2) is 28.3 Å². The lowest BCUT2D eigenvalue weighted by Crippen LogP contribution is -2.47. The molecule has 1 saturated carbocycles. The number of rotatable bonds is 3. The van der Waals surface area contributed by atoms with Gasteiger partial charge in [0.25, 0.3) is 0 Å². The van der Waals surface area contributed by atoms with Crippen LogP contribution in [0.25, 0.3) is 0 Å². The van der Waals surface area contributed by atoms with Crippen molar-refractivity contribution in [2.24, 2.45) is 5.92 Å². The molecular formula is C12H19NO4. The molecule has 17 heavy (non-hydrogen) atoms. The first-order valence-electron chi connectivity index (χ1n) is 5.48. The zero-order valence-electron chi connectivity index (χ0n) is 10.7. The number of ether oxygens (including phenoxy) is 1. The lowest BCUT2D eigenvalue weighted by atomic mass is 10.1. The average Bonchev–Trinajstić information content (AvgIpc) is 2.76. The van der Waals surface area contributed by atoms with Crippen molar-refractivity contribution in [3.63, 3.8) is 0 Å². The Hall–Kier alpha value is -1.52. The van der Waals surface area contributed by atoms with Gasteiger partial charge in [-0.1, -0.05) is 12.2 Å². The molecule has 1 aliphatic rings. The molecule has 1 unspecified atom stereocenters. The number of hydrogen-bond acceptors (Lipinski definition) is 3. The maximum atomic E-state index is 11.6. The summed E-state index contributed by atoms with van der Waals surface area (Å²) >= 11 is 0. The minimum Gasteiger partial charge on any atom is -0.479 e. The summed E-state index contributed by atoms with van der Waals surface area (Å²) in [6, 6.07) is 0. The van der Waals surface area contributed by atoms with E-state index in [1.807, 2.05) is 0 Å². The summed E-state index contributed by atoms with van der Waals surface area (Å²) in [5.74, 6) is -1.26. The van der Waals surface area contributed by atoms with Crippen LogP contribution >= 0.6 is 0 Å².